The number of amides is 2. The van der Waals surface area contributed by atoms with Gasteiger partial charge in [0, 0.05) is 22.2 Å². The van der Waals surface area contributed by atoms with Crippen molar-refractivity contribution < 1.29 is 14.3 Å². The van der Waals surface area contributed by atoms with Gasteiger partial charge in [-0.2, -0.15) is 0 Å². The number of ether oxygens (including phenoxy) is 1. The van der Waals surface area contributed by atoms with Crippen LogP contribution in [0.1, 0.15) is 24.5 Å². The molecule has 1 saturated heterocycles. The molecular formula is C20H15BrCl3NO3S. The number of halogens is 4. The molecule has 152 valence electrons. The molecule has 1 fully saturated rings. The highest BCUT2D eigenvalue weighted by Gasteiger charge is 2.34. The summed E-state index contributed by atoms with van der Waals surface area (Å²) in [4.78, 5) is 26.0. The van der Waals surface area contributed by atoms with Crippen molar-refractivity contribution in [1.82, 2.24) is 4.90 Å². The van der Waals surface area contributed by atoms with E-state index in [2.05, 4.69) is 15.9 Å². The topological polar surface area (TPSA) is 46.6 Å². The molecule has 1 aliphatic heterocycles. The molecule has 0 aromatic heterocycles. The van der Waals surface area contributed by atoms with Crippen LogP contribution in [-0.4, -0.2) is 22.6 Å². The van der Waals surface area contributed by atoms with E-state index in [1.54, 1.807) is 36.4 Å². The van der Waals surface area contributed by atoms with Gasteiger partial charge in [0.1, 0.15) is 6.61 Å². The number of carbonyl (C=O) groups is 2. The van der Waals surface area contributed by atoms with Crippen LogP contribution in [0.15, 0.2) is 39.7 Å². The number of thioether (sulfide) groups is 1. The number of carbonyl (C=O) groups excluding carboxylic acids is 2. The summed E-state index contributed by atoms with van der Waals surface area (Å²) >= 11 is 22.8. The van der Waals surface area contributed by atoms with E-state index in [4.69, 9.17) is 39.5 Å². The van der Waals surface area contributed by atoms with Gasteiger partial charge in [-0.05, 0) is 70.0 Å². The molecule has 0 bridgehead atoms. The van der Waals surface area contributed by atoms with Crippen LogP contribution in [0, 0.1) is 0 Å². The van der Waals surface area contributed by atoms with E-state index in [9.17, 15) is 9.59 Å². The van der Waals surface area contributed by atoms with Crippen LogP contribution in [-0.2, 0) is 11.4 Å². The Morgan fingerprint density at radius 2 is 1.90 bits per heavy atom. The Morgan fingerprint density at radius 3 is 2.55 bits per heavy atom. The summed E-state index contributed by atoms with van der Waals surface area (Å²) in [6.45, 7) is 2.54. The largest absolute Gasteiger partial charge is 0.486 e. The minimum Gasteiger partial charge on any atom is -0.486 e. The first kappa shape index (κ1) is 22.5. The maximum Gasteiger partial charge on any atom is 0.293 e. The molecule has 29 heavy (non-hydrogen) atoms. The number of imide groups is 1. The van der Waals surface area contributed by atoms with Crippen LogP contribution in [0.2, 0.25) is 15.1 Å². The second-order valence-electron chi connectivity index (χ2n) is 6.17. The Hall–Kier alpha value is -1.18. The third kappa shape index (κ3) is 5.30. The van der Waals surface area contributed by atoms with Crippen molar-refractivity contribution in [2.45, 2.75) is 20.0 Å². The number of hydrogen-bond donors (Lipinski definition) is 0. The first-order valence-corrected chi connectivity index (χ1v) is 11.4. The Labute approximate surface area is 196 Å². The van der Waals surface area contributed by atoms with Crippen LogP contribution in [0.3, 0.4) is 0 Å². The summed E-state index contributed by atoms with van der Waals surface area (Å²) in [6.07, 6.45) is 2.36. The molecule has 2 amide bonds. The van der Waals surface area contributed by atoms with Gasteiger partial charge >= 0.3 is 0 Å². The van der Waals surface area contributed by atoms with Crippen molar-refractivity contribution in [2.75, 3.05) is 6.54 Å². The van der Waals surface area contributed by atoms with Gasteiger partial charge in [-0.1, -0.05) is 47.8 Å². The lowest BCUT2D eigenvalue weighted by molar-refractivity contribution is -0.122. The molecule has 0 radical (unpaired) electrons. The maximum atomic E-state index is 12.4. The summed E-state index contributed by atoms with van der Waals surface area (Å²) in [6, 6.07) is 8.62. The second-order valence-corrected chi connectivity index (χ2v) is 9.27. The van der Waals surface area contributed by atoms with Crippen molar-refractivity contribution in [3.05, 3.63) is 65.9 Å². The zero-order valence-electron chi connectivity index (χ0n) is 15.2. The van der Waals surface area contributed by atoms with Crippen LogP contribution in [0.5, 0.6) is 5.75 Å². The first-order chi connectivity index (χ1) is 13.8. The van der Waals surface area contributed by atoms with Crippen molar-refractivity contribution >= 4 is 79.7 Å². The van der Waals surface area contributed by atoms with Crippen LogP contribution in [0.25, 0.3) is 6.08 Å². The fourth-order valence-corrected chi connectivity index (χ4v) is 4.97. The fraction of sp³-hybridized carbons (Fsp3) is 0.200. The third-order valence-electron chi connectivity index (χ3n) is 4.03. The van der Waals surface area contributed by atoms with Gasteiger partial charge in [0.05, 0.1) is 14.4 Å². The Bertz CT molecular complexity index is 989. The monoisotopic (exact) mass is 533 g/mol. The van der Waals surface area contributed by atoms with Crippen LogP contribution in [0.4, 0.5) is 4.79 Å². The van der Waals surface area contributed by atoms with E-state index in [0.29, 0.717) is 48.7 Å². The van der Waals surface area contributed by atoms with Crippen LogP contribution >= 0.6 is 62.5 Å². The molecule has 0 N–H and O–H groups in total. The highest BCUT2D eigenvalue weighted by Crippen LogP contribution is 2.38. The summed E-state index contributed by atoms with van der Waals surface area (Å²) < 4.78 is 6.44. The molecule has 9 heteroatoms. The molecule has 2 aromatic carbocycles. The van der Waals surface area contributed by atoms with E-state index < -0.39 is 0 Å². The molecule has 0 unspecified atom stereocenters. The standard InChI is InChI=1S/C20H15BrCl3NO3S/c1-2-5-25-19(26)17(29-20(25)27)8-11-6-14(21)18(16(24)7-11)28-10-12-3-4-13(22)9-15(12)23/h3-4,6-9H,2,5,10H2,1H3/b17-8+. The van der Waals surface area contributed by atoms with Gasteiger partial charge in [-0.25, -0.2) is 0 Å². The Balaban J connectivity index is 1.79. The molecule has 3 rings (SSSR count). The number of nitrogens with zero attached hydrogens (tertiary/aromatic N) is 1. The summed E-state index contributed by atoms with van der Waals surface area (Å²) in [5.74, 6) is 0.167. The van der Waals surface area contributed by atoms with E-state index in [1.165, 1.54) is 4.90 Å². The first-order valence-electron chi connectivity index (χ1n) is 8.61. The molecule has 4 nitrogen and oxygen atoms in total. The predicted molar refractivity (Wildman–Crippen MR) is 123 cm³/mol. The average Bonchev–Trinajstić information content (AvgIpc) is 2.90. The maximum absolute atomic E-state index is 12.4. The lowest BCUT2D eigenvalue weighted by Crippen LogP contribution is -2.28. The SMILES string of the molecule is CCCN1C(=O)S/C(=C/c2cc(Cl)c(OCc3ccc(Cl)cc3Cl)c(Br)c2)C1=O. The van der Waals surface area contributed by atoms with Gasteiger partial charge in [-0.15, -0.1) is 0 Å². The quantitative estimate of drug-likeness (QED) is 0.361. The predicted octanol–water partition coefficient (Wildman–Crippen LogP) is 7.43. The molecule has 1 aliphatic rings. The highest BCUT2D eigenvalue weighted by molar-refractivity contribution is 9.10. The fourth-order valence-electron chi connectivity index (χ4n) is 2.66. The van der Waals surface area contributed by atoms with Crippen molar-refractivity contribution in [3.63, 3.8) is 0 Å². The van der Waals surface area contributed by atoms with E-state index >= 15 is 0 Å². The zero-order valence-corrected chi connectivity index (χ0v) is 19.8. The van der Waals surface area contributed by atoms with E-state index in [1.807, 2.05) is 6.92 Å². The minimum absolute atomic E-state index is 0.212. The van der Waals surface area contributed by atoms with E-state index in [0.717, 1.165) is 17.3 Å². The van der Waals surface area contributed by atoms with Crippen LogP contribution < -0.4 is 4.74 Å². The molecule has 0 spiro atoms. The van der Waals surface area contributed by atoms with Crippen molar-refractivity contribution in [2.24, 2.45) is 0 Å². The van der Waals surface area contributed by atoms with Gasteiger partial charge in [-0.3, -0.25) is 14.5 Å². The smallest absolute Gasteiger partial charge is 0.293 e. The van der Waals surface area contributed by atoms with E-state index in [-0.39, 0.29) is 17.8 Å². The van der Waals surface area contributed by atoms with Crippen molar-refractivity contribution in [1.29, 1.82) is 0 Å². The van der Waals surface area contributed by atoms with Gasteiger partial charge < -0.3 is 4.74 Å². The number of hydrogen-bond acceptors (Lipinski definition) is 4. The summed E-state index contributed by atoms with van der Waals surface area (Å²) in [5.41, 5.74) is 1.45. The van der Waals surface area contributed by atoms with Gasteiger partial charge in [0.25, 0.3) is 11.1 Å². The average molecular weight is 536 g/mol. The molecule has 2 aromatic rings. The Kier molecular flexibility index (Phi) is 7.57. The molecule has 0 saturated carbocycles. The highest BCUT2D eigenvalue weighted by atomic mass is 79.9. The number of benzene rings is 2. The minimum atomic E-state index is -0.285. The van der Waals surface area contributed by atoms with Gasteiger partial charge in [0.2, 0.25) is 0 Å². The lowest BCUT2D eigenvalue weighted by Gasteiger charge is -2.12. The zero-order chi connectivity index (χ0) is 21.1. The van der Waals surface area contributed by atoms with Crippen molar-refractivity contribution in [3.8, 4) is 5.75 Å². The molecule has 1 heterocycles. The summed E-state index contributed by atoms with van der Waals surface area (Å²) in [5, 5.41) is 1.16. The lowest BCUT2D eigenvalue weighted by atomic mass is 10.2. The molecular weight excluding hydrogens is 521 g/mol. The molecule has 0 atom stereocenters. The third-order valence-corrected chi connectivity index (χ3v) is 6.39. The normalized spacial score (nSPS) is 15.5. The molecule has 0 aliphatic carbocycles. The van der Waals surface area contributed by atoms with Gasteiger partial charge in [0.15, 0.2) is 5.75 Å². The Morgan fingerprint density at radius 1 is 1.14 bits per heavy atom. The second kappa shape index (κ2) is 9.75. The number of rotatable bonds is 6. The summed E-state index contributed by atoms with van der Waals surface area (Å²) in [7, 11) is 0.